The summed E-state index contributed by atoms with van der Waals surface area (Å²) in [6.45, 7) is 6.40. The first-order chi connectivity index (χ1) is 18.0. The van der Waals surface area contributed by atoms with Crippen LogP contribution in [0.1, 0.15) is 48.2 Å². The molecule has 1 aromatic heterocycles. The highest BCUT2D eigenvalue weighted by molar-refractivity contribution is 6.31. The van der Waals surface area contributed by atoms with E-state index >= 15 is 0 Å². The number of hydrogen-bond donors (Lipinski definition) is 1. The maximum absolute atomic E-state index is 12.2. The van der Waals surface area contributed by atoms with Crippen molar-refractivity contribution in [3.05, 3.63) is 94.3 Å². The van der Waals surface area contributed by atoms with Crippen molar-refractivity contribution in [2.45, 2.75) is 58.9 Å². The number of halogens is 1. The van der Waals surface area contributed by atoms with Gasteiger partial charge in [0.05, 0.1) is 24.1 Å². The summed E-state index contributed by atoms with van der Waals surface area (Å²) in [5, 5.41) is 3.65. The number of hydrogen-bond acceptors (Lipinski definition) is 3. The Morgan fingerprint density at radius 3 is 2.49 bits per heavy atom. The van der Waals surface area contributed by atoms with Crippen molar-refractivity contribution in [1.29, 1.82) is 0 Å². The van der Waals surface area contributed by atoms with E-state index in [-0.39, 0.29) is 5.91 Å². The van der Waals surface area contributed by atoms with Gasteiger partial charge in [-0.1, -0.05) is 66.6 Å². The molecule has 0 radical (unpaired) electrons. The summed E-state index contributed by atoms with van der Waals surface area (Å²) < 4.78 is 8.47. The smallest absolute Gasteiger partial charge is 0.224 e. The zero-order chi connectivity index (χ0) is 26.0. The summed E-state index contributed by atoms with van der Waals surface area (Å²) in [7, 11) is 0. The second-order valence-corrected chi connectivity index (χ2v) is 9.93. The standard InChI is InChI=1S/C31H36ClN3O2/c1-23-12-10-13-24(2)31(23)37-21-11-20-35-28-17-8-7-16-27(28)34-29(35)18-4-3-9-19-33-30(36)22-25-14-5-6-15-26(25)32/h5-8,10,12-17H,3-4,9,11,18-22H2,1-2H3,(H,33,36). The molecule has 0 fully saturated rings. The van der Waals surface area contributed by atoms with Gasteiger partial charge in [-0.15, -0.1) is 0 Å². The monoisotopic (exact) mass is 517 g/mol. The summed E-state index contributed by atoms with van der Waals surface area (Å²) in [4.78, 5) is 17.1. The number of carbonyl (C=O) groups excluding carboxylic acids is 1. The number of nitrogens with one attached hydrogen (secondary N) is 1. The number of benzene rings is 3. The third-order valence-corrected chi connectivity index (χ3v) is 6.99. The van der Waals surface area contributed by atoms with Gasteiger partial charge in [0.15, 0.2) is 0 Å². The molecule has 5 nitrogen and oxygen atoms in total. The molecule has 0 bridgehead atoms. The van der Waals surface area contributed by atoms with Gasteiger partial charge in [-0.2, -0.15) is 0 Å². The largest absolute Gasteiger partial charge is 0.493 e. The predicted octanol–water partition coefficient (Wildman–Crippen LogP) is 6.85. The van der Waals surface area contributed by atoms with Crippen LogP contribution in [0.15, 0.2) is 66.7 Å². The lowest BCUT2D eigenvalue weighted by Gasteiger charge is -2.13. The van der Waals surface area contributed by atoms with Crippen LogP contribution in [-0.2, 0) is 24.2 Å². The SMILES string of the molecule is Cc1cccc(C)c1OCCCn1c(CCCCCNC(=O)Cc2ccccc2Cl)nc2ccccc21. The van der Waals surface area contributed by atoms with Gasteiger partial charge in [0, 0.05) is 24.5 Å². The van der Waals surface area contributed by atoms with E-state index in [9.17, 15) is 4.79 Å². The van der Waals surface area contributed by atoms with Crippen LogP contribution in [0.3, 0.4) is 0 Å². The van der Waals surface area contributed by atoms with Gasteiger partial charge in [-0.25, -0.2) is 4.98 Å². The number of aromatic nitrogens is 2. The predicted molar refractivity (Wildman–Crippen MR) is 151 cm³/mol. The van der Waals surface area contributed by atoms with Crippen LogP contribution in [-0.4, -0.2) is 28.6 Å². The Labute approximate surface area is 224 Å². The fraction of sp³-hybridized carbons (Fsp3) is 0.355. The Bertz CT molecular complexity index is 1310. The van der Waals surface area contributed by atoms with Crippen LogP contribution in [0.2, 0.25) is 5.02 Å². The second-order valence-electron chi connectivity index (χ2n) is 9.52. The maximum atomic E-state index is 12.2. The topological polar surface area (TPSA) is 56.1 Å². The summed E-state index contributed by atoms with van der Waals surface area (Å²) in [5.41, 5.74) is 5.43. The van der Waals surface area contributed by atoms with E-state index < -0.39 is 0 Å². The van der Waals surface area contributed by atoms with Crippen LogP contribution < -0.4 is 10.1 Å². The molecule has 4 aromatic rings. The van der Waals surface area contributed by atoms with Crippen molar-refractivity contribution in [3.8, 4) is 5.75 Å². The molecule has 0 aliphatic carbocycles. The molecular formula is C31H36ClN3O2. The van der Waals surface area contributed by atoms with Gasteiger partial charge >= 0.3 is 0 Å². The van der Waals surface area contributed by atoms with E-state index in [0.717, 1.165) is 61.3 Å². The fourth-order valence-electron chi connectivity index (χ4n) is 4.68. The lowest BCUT2D eigenvalue weighted by Crippen LogP contribution is -2.26. The quantitative estimate of drug-likeness (QED) is 0.197. The first kappa shape index (κ1) is 26.7. The molecular weight excluding hydrogens is 482 g/mol. The van der Waals surface area contributed by atoms with Crippen molar-refractivity contribution >= 4 is 28.5 Å². The third-order valence-electron chi connectivity index (χ3n) is 6.62. The Kier molecular flexibility index (Phi) is 9.61. The number of carbonyl (C=O) groups is 1. The molecule has 0 saturated carbocycles. The number of para-hydroxylation sites is 3. The van der Waals surface area contributed by atoms with Gasteiger partial charge in [0.2, 0.25) is 5.91 Å². The first-order valence-corrected chi connectivity index (χ1v) is 13.5. The zero-order valence-corrected chi connectivity index (χ0v) is 22.6. The molecule has 0 saturated heterocycles. The number of fused-ring (bicyclic) bond motifs is 1. The van der Waals surface area contributed by atoms with Crippen LogP contribution in [0.25, 0.3) is 11.0 Å². The summed E-state index contributed by atoms with van der Waals surface area (Å²) in [6, 6.07) is 22.1. The number of imidazole rings is 1. The van der Waals surface area contributed by atoms with E-state index in [0.29, 0.717) is 24.6 Å². The lowest BCUT2D eigenvalue weighted by molar-refractivity contribution is -0.120. The van der Waals surface area contributed by atoms with E-state index in [4.69, 9.17) is 21.3 Å². The molecule has 6 heteroatoms. The molecule has 1 N–H and O–H groups in total. The van der Waals surface area contributed by atoms with E-state index in [1.807, 2.05) is 30.3 Å². The maximum Gasteiger partial charge on any atom is 0.224 e. The molecule has 0 aliphatic rings. The van der Waals surface area contributed by atoms with Gasteiger partial charge in [0.1, 0.15) is 11.6 Å². The molecule has 1 heterocycles. The van der Waals surface area contributed by atoms with Gasteiger partial charge < -0.3 is 14.6 Å². The normalized spacial score (nSPS) is 11.1. The molecule has 0 spiro atoms. The van der Waals surface area contributed by atoms with Gasteiger partial charge in [0.25, 0.3) is 0 Å². The number of aryl methyl sites for hydroxylation is 4. The van der Waals surface area contributed by atoms with Crippen LogP contribution in [0, 0.1) is 13.8 Å². The van der Waals surface area contributed by atoms with Gasteiger partial charge in [-0.05, 0) is 68.0 Å². The van der Waals surface area contributed by atoms with Crippen molar-refractivity contribution < 1.29 is 9.53 Å². The third kappa shape index (κ3) is 7.36. The summed E-state index contributed by atoms with van der Waals surface area (Å²) >= 11 is 6.16. The molecule has 37 heavy (non-hydrogen) atoms. The highest BCUT2D eigenvalue weighted by Crippen LogP contribution is 2.23. The Morgan fingerprint density at radius 2 is 1.68 bits per heavy atom. The molecule has 194 valence electrons. The van der Waals surface area contributed by atoms with Crippen LogP contribution in [0.4, 0.5) is 0 Å². The summed E-state index contributed by atoms with van der Waals surface area (Å²) in [6.07, 6.45) is 5.15. The molecule has 4 rings (SSSR count). The molecule has 3 aromatic carbocycles. The number of nitrogens with zero attached hydrogens (tertiary/aromatic N) is 2. The minimum atomic E-state index is 0.0120. The average Bonchev–Trinajstić information content (AvgIpc) is 3.24. The molecule has 1 amide bonds. The first-order valence-electron chi connectivity index (χ1n) is 13.2. The average molecular weight is 518 g/mol. The van der Waals surface area contributed by atoms with E-state index in [2.05, 4.69) is 60.1 Å². The summed E-state index contributed by atoms with van der Waals surface area (Å²) in [5.74, 6) is 2.13. The van der Waals surface area contributed by atoms with Crippen LogP contribution in [0.5, 0.6) is 5.75 Å². The van der Waals surface area contributed by atoms with Crippen molar-refractivity contribution in [3.63, 3.8) is 0 Å². The van der Waals surface area contributed by atoms with Crippen molar-refractivity contribution in [1.82, 2.24) is 14.9 Å². The molecule has 0 atom stereocenters. The molecule has 0 unspecified atom stereocenters. The van der Waals surface area contributed by atoms with Crippen LogP contribution >= 0.6 is 11.6 Å². The Balaban J connectivity index is 1.23. The fourth-order valence-corrected chi connectivity index (χ4v) is 4.88. The Hall–Kier alpha value is -3.31. The highest BCUT2D eigenvalue weighted by Gasteiger charge is 2.11. The highest BCUT2D eigenvalue weighted by atomic mass is 35.5. The minimum Gasteiger partial charge on any atom is -0.493 e. The number of ether oxygens (including phenoxy) is 1. The zero-order valence-electron chi connectivity index (χ0n) is 21.8. The number of amides is 1. The second kappa shape index (κ2) is 13.3. The van der Waals surface area contributed by atoms with Crippen molar-refractivity contribution in [2.75, 3.05) is 13.2 Å². The number of unbranched alkanes of at least 4 members (excludes halogenated alkanes) is 2. The van der Waals surface area contributed by atoms with Gasteiger partial charge in [-0.3, -0.25) is 4.79 Å². The molecule has 0 aliphatic heterocycles. The lowest BCUT2D eigenvalue weighted by atomic mass is 10.1. The van der Waals surface area contributed by atoms with E-state index in [1.165, 1.54) is 16.6 Å². The Morgan fingerprint density at radius 1 is 0.919 bits per heavy atom. The van der Waals surface area contributed by atoms with E-state index in [1.54, 1.807) is 0 Å². The number of rotatable bonds is 13. The van der Waals surface area contributed by atoms with Crippen molar-refractivity contribution in [2.24, 2.45) is 0 Å². The minimum absolute atomic E-state index is 0.0120.